The Labute approximate surface area is 187 Å². The number of hydrogen-bond donors (Lipinski definition) is 1. The van der Waals surface area contributed by atoms with Gasteiger partial charge in [0.1, 0.15) is 10.6 Å². The standard InChI is InChI=1S/C24H20N2O5S/c1-4-30-23(29)21-14(3)25-24(32-21)26-22(28)17-12-8-11-16-18(27)13(2)19(31-20(16)17)15-9-6-5-7-10-15/h5-12H,4H2,1-3H3,(H,25,26,28). The highest BCUT2D eigenvalue weighted by Gasteiger charge is 2.21. The quantitative estimate of drug-likeness (QED) is 0.433. The van der Waals surface area contributed by atoms with Crippen LogP contribution >= 0.6 is 11.3 Å². The summed E-state index contributed by atoms with van der Waals surface area (Å²) in [4.78, 5) is 42.7. The summed E-state index contributed by atoms with van der Waals surface area (Å²) in [7, 11) is 0. The van der Waals surface area contributed by atoms with Crippen molar-refractivity contribution >= 4 is 39.3 Å². The van der Waals surface area contributed by atoms with Crippen LogP contribution in [0.2, 0.25) is 0 Å². The van der Waals surface area contributed by atoms with Gasteiger partial charge in [0.05, 0.1) is 23.3 Å². The summed E-state index contributed by atoms with van der Waals surface area (Å²) in [6.45, 7) is 5.34. The fraction of sp³-hybridized carbons (Fsp3) is 0.167. The van der Waals surface area contributed by atoms with Gasteiger partial charge in [0.2, 0.25) is 0 Å². The molecule has 0 fully saturated rings. The van der Waals surface area contributed by atoms with E-state index in [-0.39, 0.29) is 28.3 Å². The Morgan fingerprint density at radius 1 is 1.09 bits per heavy atom. The fourth-order valence-corrected chi connectivity index (χ4v) is 4.21. The van der Waals surface area contributed by atoms with Crippen molar-refractivity contribution < 1.29 is 18.7 Å². The van der Waals surface area contributed by atoms with Crippen LogP contribution in [0.15, 0.2) is 57.7 Å². The number of amides is 1. The van der Waals surface area contributed by atoms with E-state index in [4.69, 9.17) is 9.15 Å². The van der Waals surface area contributed by atoms with Crippen LogP contribution in [0.25, 0.3) is 22.3 Å². The number of hydrogen-bond acceptors (Lipinski definition) is 7. The third-order valence-electron chi connectivity index (χ3n) is 4.90. The highest BCUT2D eigenvalue weighted by Crippen LogP contribution is 2.29. The Bertz CT molecular complexity index is 1390. The predicted octanol–water partition coefficient (Wildman–Crippen LogP) is 4.96. The molecular formula is C24H20N2O5S. The van der Waals surface area contributed by atoms with Gasteiger partial charge >= 0.3 is 5.97 Å². The molecule has 0 saturated heterocycles. The Hall–Kier alpha value is -3.78. The molecule has 1 N–H and O–H groups in total. The lowest BCUT2D eigenvalue weighted by atomic mass is 10.0. The molecule has 0 atom stereocenters. The third kappa shape index (κ3) is 3.92. The van der Waals surface area contributed by atoms with Gasteiger partial charge in [0.25, 0.3) is 5.91 Å². The van der Waals surface area contributed by atoms with E-state index in [0.29, 0.717) is 27.3 Å². The van der Waals surface area contributed by atoms with Gasteiger partial charge in [-0.3, -0.25) is 14.9 Å². The number of fused-ring (bicyclic) bond motifs is 1. The number of para-hydroxylation sites is 1. The number of carbonyl (C=O) groups is 2. The van der Waals surface area contributed by atoms with Crippen molar-refractivity contribution in [1.29, 1.82) is 0 Å². The lowest BCUT2D eigenvalue weighted by Gasteiger charge is -2.10. The first-order valence-corrected chi connectivity index (χ1v) is 10.8. The summed E-state index contributed by atoms with van der Waals surface area (Å²) in [5.74, 6) is -0.564. The van der Waals surface area contributed by atoms with Crippen LogP contribution in [-0.4, -0.2) is 23.5 Å². The number of aryl methyl sites for hydroxylation is 1. The second-order valence-electron chi connectivity index (χ2n) is 7.04. The summed E-state index contributed by atoms with van der Waals surface area (Å²) in [6.07, 6.45) is 0. The number of thiazole rings is 1. The molecule has 0 aliphatic carbocycles. The molecule has 162 valence electrons. The molecule has 0 radical (unpaired) electrons. The van der Waals surface area contributed by atoms with Crippen molar-refractivity contribution in [2.45, 2.75) is 20.8 Å². The zero-order chi connectivity index (χ0) is 22.8. The Morgan fingerprint density at radius 3 is 2.56 bits per heavy atom. The second kappa shape index (κ2) is 8.76. The van der Waals surface area contributed by atoms with Gasteiger partial charge in [-0.15, -0.1) is 0 Å². The van der Waals surface area contributed by atoms with Crippen LogP contribution in [0.1, 0.15) is 38.2 Å². The van der Waals surface area contributed by atoms with Crippen LogP contribution in [0.4, 0.5) is 5.13 Å². The lowest BCUT2D eigenvalue weighted by molar-refractivity contribution is 0.0531. The van der Waals surface area contributed by atoms with Gasteiger partial charge < -0.3 is 9.15 Å². The molecule has 2 heterocycles. The molecule has 2 aromatic heterocycles. The number of esters is 1. The van der Waals surface area contributed by atoms with E-state index in [9.17, 15) is 14.4 Å². The summed E-state index contributed by atoms with van der Waals surface area (Å²) in [5, 5.41) is 3.27. The third-order valence-corrected chi connectivity index (χ3v) is 5.96. The van der Waals surface area contributed by atoms with Crippen molar-refractivity contribution in [2.75, 3.05) is 11.9 Å². The smallest absolute Gasteiger partial charge is 0.350 e. The molecule has 4 rings (SSSR count). The van der Waals surface area contributed by atoms with Crippen molar-refractivity contribution in [3.05, 3.63) is 80.5 Å². The van der Waals surface area contributed by atoms with Crippen LogP contribution in [0.5, 0.6) is 0 Å². The molecule has 0 aliphatic heterocycles. The molecule has 4 aromatic rings. The van der Waals surface area contributed by atoms with E-state index in [0.717, 1.165) is 16.9 Å². The Morgan fingerprint density at radius 2 is 1.84 bits per heavy atom. The van der Waals surface area contributed by atoms with Crippen molar-refractivity contribution in [3.8, 4) is 11.3 Å². The van der Waals surface area contributed by atoms with Gasteiger partial charge in [-0.1, -0.05) is 47.7 Å². The SMILES string of the molecule is CCOC(=O)c1sc(NC(=O)c2cccc3c(=O)c(C)c(-c4ccccc4)oc23)nc1C. The number of anilines is 1. The highest BCUT2D eigenvalue weighted by atomic mass is 32.1. The number of carbonyl (C=O) groups excluding carboxylic acids is 2. The van der Waals surface area contributed by atoms with Gasteiger partial charge in [-0.05, 0) is 32.9 Å². The largest absolute Gasteiger partial charge is 0.462 e. The van der Waals surface area contributed by atoms with E-state index in [1.165, 1.54) is 0 Å². The minimum atomic E-state index is -0.495. The number of nitrogens with zero attached hydrogens (tertiary/aromatic N) is 1. The summed E-state index contributed by atoms with van der Waals surface area (Å²) in [6, 6.07) is 14.1. The molecule has 0 bridgehead atoms. The summed E-state index contributed by atoms with van der Waals surface area (Å²) >= 11 is 1.03. The molecule has 2 aromatic carbocycles. The minimum Gasteiger partial charge on any atom is -0.462 e. The highest BCUT2D eigenvalue weighted by molar-refractivity contribution is 7.17. The van der Waals surface area contributed by atoms with Crippen molar-refractivity contribution in [2.24, 2.45) is 0 Å². The maximum atomic E-state index is 13.1. The molecule has 7 nitrogen and oxygen atoms in total. The topological polar surface area (TPSA) is 98.5 Å². The molecule has 8 heteroatoms. The number of aromatic nitrogens is 1. The first-order chi connectivity index (χ1) is 15.4. The lowest BCUT2D eigenvalue weighted by Crippen LogP contribution is -2.14. The maximum absolute atomic E-state index is 13.1. The van der Waals surface area contributed by atoms with E-state index < -0.39 is 11.9 Å². The molecule has 0 saturated carbocycles. The van der Waals surface area contributed by atoms with E-state index in [1.54, 1.807) is 39.0 Å². The number of ether oxygens (including phenoxy) is 1. The van der Waals surface area contributed by atoms with Gasteiger partial charge in [0.15, 0.2) is 16.1 Å². The van der Waals surface area contributed by atoms with E-state index >= 15 is 0 Å². The number of rotatable bonds is 5. The molecule has 0 unspecified atom stereocenters. The zero-order valence-electron chi connectivity index (χ0n) is 17.7. The molecule has 32 heavy (non-hydrogen) atoms. The van der Waals surface area contributed by atoms with E-state index in [1.807, 2.05) is 30.3 Å². The summed E-state index contributed by atoms with van der Waals surface area (Å²) < 4.78 is 11.1. The average molecular weight is 449 g/mol. The minimum absolute atomic E-state index is 0.193. The average Bonchev–Trinajstić information content (AvgIpc) is 3.16. The first kappa shape index (κ1) is 21.5. The summed E-state index contributed by atoms with van der Waals surface area (Å²) in [5.41, 5.74) is 1.87. The molecule has 0 spiro atoms. The molecule has 0 aliphatic rings. The fourth-order valence-electron chi connectivity index (χ4n) is 3.35. The first-order valence-electron chi connectivity index (χ1n) is 9.98. The van der Waals surface area contributed by atoms with Gasteiger partial charge in [0, 0.05) is 11.1 Å². The van der Waals surface area contributed by atoms with Gasteiger partial charge in [-0.2, -0.15) is 0 Å². The number of benzene rings is 2. The Balaban J connectivity index is 1.76. The molecular weight excluding hydrogens is 428 g/mol. The van der Waals surface area contributed by atoms with Crippen LogP contribution in [-0.2, 0) is 4.74 Å². The maximum Gasteiger partial charge on any atom is 0.350 e. The van der Waals surface area contributed by atoms with Crippen molar-refractivity contribution in [3.63, 3.8) is 0 Å². The normalized spacial score (nSPS) is 10.8. The Kier molecular flexibility index (Phi) is 5.87. The monoisotopic (exact) mass is 448 g/mol. The number of nitrogens with one attached hydrogen (secondary N) is 1. The van der Waals surface area contributed by atoms with Crippen LogP contribution in [0, 0.1) is 13.8 Å². The van der Waals surface area contributed by atoms with E-state index in [2.05, 4.69) is 10.3 Å². The second-order valence-corrected chi connectivity index (χ2v) is 8.04. The van der Waals surface area contributed by atoms with Crippen LogP contribution < -0.4 is 10.7 Å². The van der Waals surface area contributed by atoms with Crippen LogP contribution in [0.3, 0.4) is 0 Å². The zero-order valence-corrected chi connectivity index (χ0v) is 18.5. The predicted molar refractivity (Wildman–Crippen MR) is 123 cm³/mol. The van der Waals surface area contributed by atoms with Gasteiger partial charge in [-0.25, -0.2) is 9.78 Å². The van der Waals surface area contributed by atoms with Crippen molar-refractivity contribution in [1.82, 2.24) is 4.98 Å². The molecule has 1 amide bonds.